The van der Waals surface area contributed by atoms with E-state index in [-0.39, 0.29) is 0 Å². The van der Waals surface area contributed by atoms with Crippen molar-refractivity contribution in [1.82, 2.24) is 9.62 Å². The highest BCUT2D eigenvalue weighted by molar-refractivity contribution is 7.89. The maximum absolute atomic E-state index is 12.3. The Morgan fingerprint density at radius 1 is 1.33 bits per heavy atom. The molecule has 6 heteroatoms. The van der Waals surface area contributed by atoms with Crippen molar-refractivity contribution < 1.29 is 8.42 Å². The van der Waals surface area contributed by atoms with Gasteiger partial charge in [0.15, 0.2) is 0 Å². The molecular formula is C15H25N3O2S. The Bertz CT molecular complexity index is 554. The first-order chi connectivity index (χ1) is 10.0. The van der Waals surface area contributed by atoms with Crippen molar-refractivity contribution in [2.75, 3.05) is 26.2 Å². The van der Waals surface area contributed by atoms with Gasteiger partial charge in [0.2, 0.25) is 10.0 Å². The van der Waals surface area contributed by atoms with Gasteiger partial charge in [0.05, 0.1) is 4.90 Å². The summed E-state index contributed by atoms with van der Waals surface area (Å²) in [5, 5.41) is 0. The predicted molar refractivity (Wildman–Crippen MR) is 84.4 cm³/mol. The standard InChI is InChI=1S/C15H25N3O2S/c1-13(12-18-7-2-3-8-18)11-17-21(19,20)15-6-4-5-14(9-15)10-16/h4-6,9,13,17H,2-3,7-8,10-12,16H2,1H3. The molecule has 0 spiro atoms. The predicted octanol–water partition coefficient (Wildman–Crippen LogP) is 1.16. The quantitative estimate of drug-likeness (QED) is 0.792. The van der Waals surface area contributed by atoms with Crippen LogP contribution in [0.1, 0.15) is 25.3 Å². The third kappa shape index (κ3) is 4.78. The molecule has 21 heavy (non-hydrogen) atoms. The summed E-state index contributed by atoms with van der Waals surface area (Å²) in [6, 6.07) is 6.79. The highest BCUT2D eigenvalue weighted by Gasteiger charge is 2.18. The molecule has 2 rings (SSSR count). The lowest BCUT2D eigenvalue weighted by molar-refractivity contribution is 0.288. The zero-order valence-corrected chi connectivity index (χ0v) is 13.4. The van der Waals surface area contributed by atoms with Gasteiger partial charge in [-0.15, -0.1) is 0 Å². The van der Waals surface area contributed by atoms with Gasteiger partial charge in [-0.1, -0.05) is 19.1 Å². The van der Waals surface area contributed by atoms with Gasteiger partial charge >= 0.3 is 0 Å². The molecular weight excluding hydrogens is 286 g/mol. The number of hydrogen-bond donors (Lipinski definition) is 2. The third-order valence-corrected chi connectivity index (χ3v) is 5.26. The van der Waals surface area contributed by atoms with Gasteiger partial charge in [-0.3, -0.25) is 0 Å². The fraction of sp³-hybridized carbons (Fsp3) is 0.600. The van der Waals surface area contributed by atoms with E-state index in [2.05, 4.69) is 16.5 Å². The van der Waals surface area contributed by atoms with Crippen molar-refractivity contribution in [3.05, 3.63) is 29.8 Å². The monoisotopic (exact) mass is 311 g/mol. The number of likely N-dealkylation sites (tertiary alicyclic amines) is 1. The van der Waals surface area contributed by atoms with Crippen LogP contribution in [0.15, 0.2) is 29.2 Å². The Morgan fingerprint density at radius 2 is 2.05 bits per heavy atom. The topological polar surface area (TPSA) is 75.4 Å². The van der Waals surface area contributed by atoms with Crippen molar-refractivity contribution in [2.45, 2.75) is 31.2 Å². The second kappa shape index (κ2) is 7.35. The molecule has 1 heterocycles. The van der Waals surface area contributed by atoms with Crippen LogP contribution in [0, 0.1) is 5.92 Å². The molecule has 1 saturated heterocycles. The largest absolute Gasteiger partial charge is 0.326 e. The molecule has 1 aliphatic rings. The van der Waals surface area contributed by atoms with E-state index in [0.29, 0.717) is 23.9 Å². The summed E-state index contributed by atoms with van der Waals surface area (Å²) in [6.45, 7) is 6.11. The summed E-state index contributed by atoms with van der Waals surface area (Å²) < 4.78 is 27.3. The fourth-order valence-electron chi connectivity index (χ4n) is 2.65. The van der Waals surface area contributed by atoms with Crippen LogP contribution < -0.4 is 10.5 Å². The summed E-state index contributed by atoms with van der Waals surface area (Å²) in [7, 11) is -3.45. The lowest BCUT2D eigenvalue weighted by atomic mass is 10.2. The van der Waals surface area contributed by atoms with Crippen molar-refractivity contribution in [1.29, 1.82) is 0 Å². The zero-order valence-electron chi connectivity index (χ0n) is 12.6. The SMILES string of the molecule is CC(CNS(=O)(=O)c1cccc(CN)c1)CN1CCCC1. The smallest absolute Gasteiger partial charge is 0.240 e. The lowest BCUT2D eigenvalue weighted by Gasteiger charge is -2.20. The third-order valence-electron chi connectivity index (χ3n) is 3.83. The van der Waals surface area contributed by atoms with Gasteiger partial charge in [0.25, 0.3) is 0 Å². The second-order valence-corrected chi connectivity index (χ2v) is 7.58. The van der Waals surface area contributed by atoms with Gasteiger partial charge in [-0.2, -0.15) is 0 Å². The van der Waals surface area contributed by atoms with Crippen LogP contribution in [0.3, 0.4) is 0 Å². The molecule has 5 nitrogen and oxygen atoms in total. The van der Waals surface area contributed by atoms with Crippen LogP contribution in [-0.4, -0.2) is 39.5 Å². The summed E-state index contributed by atoms with van der Waals surface area (Å²) in [4.78, 5) is 2.69. The molecule has 0 aromatic heterocycles. The maximum Gasteiger partial charge on any atom is 0.240 e. The van der Waals surface area contributed by atoms with E-state index < -0.39 is 10.0 Å². The highest BCUT2D eigenvalue weighted by Crippen LogP contribution is 2.13. The van der Waals surface area contributed by atoms with Crippen LogP contribution in [0.5, 0.6) is 0 Å². The van der Waals surface area contributed by atoms with Gasteiger partial charge in [0, 0.05) is 19.6 Å². The number of nitrogens with two attached hydrogens (primary N) is 1. The van der Waals surface area contributed by atoms with Crippen LogP contribution in [-0.2, 0) is 16.6 Å². The lowest BCUT2D eigenvalue weighted by Crippen LogP contribution is -2.34. The first kappa shape index (κ1) is 16.4. The molecule has 0 aliphatic carbocycles. The van der Waals surface area contributed by atoms with Crippen LogP contribution in [0.25, 0.3) is 0 Å². The van der Waals surface area contributed by atoms with Gasteiger partial charge < -0.3 is 10.6 Å². The minimum absolute atomic E-state index is 0.291. The molecule has 0 radical (unpaired) electrons. The number of rotatable bonds is 7. The second-order valence-electron chi connectivity index (χ2n) is 5.82. The molecule has 0 amide bonds. The van der Waals surface area contributed by atoms with E-state index >= 15 is 0 Å². The Balaban J connectivity index is 1.90. The Hall–Kier alpha value is -0.950. The van der Waals surface area contributed by atoms with E-state index in [4.69, 9.17) is 5.73 Å². The van der Waals surface area contributed by atoms with Crippen molar-refractivity contribution in [3.8, 4) is 0 Å². The van der Waals surface area contributed by atoms with E-state index in [1.807, 2.05) is 6.07 Å². The molecule has 3 N–H and O–H groups in total. The van der Waals surface area contributed by atoms with Crippen molar-refractivity contribution in [2.24, 2.45) is 11.7 Å². The first-order valence-corrected chi connectivity index (χ1v) is 9.00. The number of nitrogens with zero attached hydrogens (tertiary/aromatic N) is 1. The van der Waals surface area contributed by atoms with E-state index in [1.54, 1.807) is 18.2 Å². The Kier molecular flexibility index (Phi) is 5.75. The van der Waals surface area contributed by atoms with Crippen LogP contribution in [0.4, 0.5) is 0 Å². The van der Waals surface area contributed by atoms with Crippen molar-refractivity contribution in [3.63, 3.8) is 0 Å². The maximum atomic E-state index is 12.3. The van der Waals surface area contributed by atoms with Crippen LogP contribution in [0.2, 0.25) is 0 Å². The number of hydrogen-bond acceptors (Lipinski definition) is 4. The fourth-order valence-corrected chi connectivity index (χ4v) is 3.88. The average molecular weight is 311 g/mol. The molecule has 118 valence electrons. The molecule has 1 aromatic carbocycles. The van der Waals surface area contributed by atoms with Crippen LogP contribution >= 0.6 is 0 Å². The van der Waals surface area contributed by atoms with Gasteiger partial charge in [-0.25, -0.2) is 13.1 Å². The molecule has 1 fully saturated rings. The highest BCUT2D eigenvalue weighted by atomic mass is 32.2. The Labute approximate surface area is 127 Å². The number of nitrogens with one attached hydrogen (secondary N) is 1. The van der Waals surface area contributed by atoms with E-state index in [0.717, 1.165) is 25.2 Å². The van der Waals surface area contributed by atoms with E-state index in [9.17, 15) is 8.42 Å². The molecule has 1 aliphatic heterocycles. The van der Waals surface area contributed by atoms with Gasteiger partial charge in [-0.05, 0) is 49.5 Å². The number of benzene rings is 1. The summed E-state index contributed by atoms with van der Waals surface area (Å²) in [5.41, 5.74) is 6.38. The summed E-state index contributed by atoms with van der Waals surface area (Å²) in [6.07, 6.45) is 2.51. The molecule has 0 bridgehead atoms. The first-order valence-electron chi connectivity index (χ1n) is 7.52. The van der Waals surface area contributed by atoms with Gasteiger partial charge in [0.1, 0.15) is 0 Å². The molecule has 0 saturated carbocycles. The molecule has 1 aromatic rings. The normalized spacial score (nSPS) is 18.0. The minimum Gasteiger partial charge on any atom is -0.326 e. The minimum atomic E-state index is -3.45. The molecule has 1 atom stereocenters. The zero-order chi connectivity index (χ0) is 15.3. The van der Waals surface area contributed by atoms with Crippen molar-refractivity contribution >= 4 is 10.0 Å². The summed E-state index contributed by atoms with van der Waals surface area (Å²) in [5.74, 6) is 0.301. The van der Waals surface area contributed by atoms with E-state index in [1.165, 1.54) is 12.8 Å². The average Bonchev–Trinajstić information content (AvgIpc) is 2.98. The number of sulfonamides is 1. The summed E-state index contributed by atoms with van der Waals surface area (Å²) >= 11 is 0. The molecule has 1 unspecified atom stereocenters. The Morgan fingerprint density at radius 3 is 2.71 bits per heavy atom.